The third kappa shape index (κ3) is 3.26. The molecule has 6 nitrogen and oxygen atoms in total. The van der Waals surface area contributed by atoms with Gasteiger partial charge in [0.25, 0.3) is 15.8 Å². The summed E-state index contributed by atoms with van der Waals surface area (Å²) < 4.78 is 32.4. The van der Waals surface area contributed by atoms with Crippen LogP contribution >= 0.6 is 0 Å². The van der Waals surface area contributed by atoms with E-state index >= 15 is 0 Å². The number of nitro groups is 1. The molecule has 110 valence electrons. The number of aryl methyl sites for hydroxylation is 1. The van der Waals surface area contributed by atoms with Gasteiger partial charge in [-0.15, -0.1) is 0 Å². The van der Waals surface area contributed by atoms with Crippen LogP contribution in [-0.4, -0.2) is 17.9 Å². The second kappa shape index (κ2) is 5.63. The summed E-state index contributed by atoms with van der Waals surface area (Å²) in [6, 6.07) is 10.9. The zero-order valence-corrected chi connectivity index (χ0v) is 12.0. The highest BCUT2D eigenvalue weighted by Crippen LogP contribution is 2.26. The fourth-order valence-corrected chi connectivity index (χ4v) is 3.21. The average molecular weight is 307 g/mol. The molecule has 0 saturated heterocycles. The lowest BCUT2D eigenvalue weighted by molar-refractivity contribution is -0.385. The predicted octanol–water partition coefficient (Wildman–Crippen LogP) is 2.74. The molecule has 21 heavy (non-hydrogen) atoms. The minimum Gasteiger partial charge on any atom is -0.282 e. The maximum Gasteiger partial charge on any atom is 0.295 e. The zero-order chi connectivity index (χ0) is 15.6. The van der Waals surface area contributed by atoms with E-state index in [2.05, 4.69) is 0 Å². The van der Waals surface area contributed by atoms with Gasteiger partial charge in [0.15, 0.2) is 0 Å². The van der Waals surface area contributed by atoms with Crippen LogP contribution in [0.5, 0.6) is 0 Å². The summed E-state index contributed by atoms with van der Waals surface area (Å²) in [5.74, 6) is 0. The van der Waals surface area contributed by atoms with E-state index in [1.807, 2.05) is 0 Å². The molecule has 1 N–H and O–H groups in total. The summed E-state index contributed by atoms with van der Waals surface area (Å²) in [6.07, 6.45) is 0.0496. The lowest BCUT2D eigenvalue weighted by Crippen LogP contribution is -2.07. The minimum absolute atomic E-state index is 0.0496. The molecule has 0 aromatic heterocycles. The summed E-state index contributed by atoms with van der Waals surface area (Å²) in [5.41, 5.74) is 1.03. The molecular weight excluding hydrogens is 294 g/mol. The van der Waals surface area contributed by atoms with E-state index in [1.165, 1.54) is 12.1 Å². The molecule has 0 heterocycles. The van der Waals surface area contributed by atoms with Crippen LogP contribution in [0.4, 0.5) is 5.69 Å². The molecule has 0 unspecified atom stereocenters. The first kappa shape index (κ1) is 15.1. The minimum atomic E-state index is -4.39. The van der Waals surface area contributed by atoms with Crippen LogP contribution in [0, 0.1) is 17.0 Å². The van der Waals surface area contributed by atoms with Crippen LogP contribution in [0.15, 0.2) is 47.4 Å². The SMILES string of the molecule is Cc1cccc(Cc2ccccc2[N+](=O)[O-])c1S(=O)(=O)O. The van der Waals surface area contributed by atoms with E-state index in [4.69, 9.17) is 0 Å². The van der Waals surface area contributed by atoms with E-state index in [0.29, 0.717) is 16.7 Å². The van der Waals surface area contributed by atoms with Crippen molar-refractivity contribution in [1.29, 1.82) is 0 Å². The summed E-state index contributed by atoms with van der Waals surface area (Å²) in [5, 5.41) is 11.0. The van der Waals surface area contributed by atoms with Gasteiger partial charge in [-0.2, -0.15) is 8.42 Å². The second-order valence-electron chi connectivity index (χ2n) is 4.60. The highest BCUT2D eigenvalue weighted by Gasteiger charge is 2.20. The third-order valence-electron chi connectivity index (χ3n) is 3.12. The summed E-state index contributed by atoms with van der Waals surface area (Å²) in [4.78, 5) is 10.3. The molecule has 2 aromatic rings. The van der Waals surface area contributed by atoms with Crippen LogP contribution in [0.1, 0.15) is 16.7 Å². The Balaban J connectivity index is 2.56. The van der Waals surface area contributed by atoms with Gasteiger partial charge in [0, 0.05) is 18.1 Å². The Labute approximate surface area is 121 Å². The summed E-state index contributed by atoms with van der Waals surface area (Å²) in [6.45, 7) is 1.56. The standard InChI is InChI=1S/C14H13NO5S/c1-10-5-4-7-12(14(10)21(18,19)20)9-11-6-2-3-8-13(11)15(16)17/h2-8H,9H2,1H3,(H,18,19,20). The largest absolute Gasteiger partial charge is 0.295 e. The Morgan fingerprint density at radius 2 is 1.71 bits per heavy atom. The molecule has 0 amide bonds. The molecule has 0 aliphatic heterocycles. The fourth-order valence-electron chi connectivity index (χ4n) is 2.27. The lowest BCUT2D eigenvalue weighted by Gasteiger charge is -2.10. The first-order valence-electron chi connectivity index (χ1n) is 6.09. The van der Waals surface area contributed by atoms with Crippen molar-refractivity contribution in [1.82, 2.24) is 0 Å². The Bertz CT molecular complexity index is 799. The molecule has 7 heteroatoms. The van der Waals surface area contributed by atoms with Crippen molar-refractivity contribution in [3.05, 3.63) is 69.3 Å². The van der Waals surface area contributed by atoms with Crippen LogP contribution in [0.25, 0.3) is 0 Å². The Morgan fingerprint density at radius 3 is 2.33 bits per heavy atom. The van der Waals surface area contributed by atoms with E-state index < -0.39 is 15.0 Å². The van der Waals surface area contributed by atoms with Crippen LogP contribution in [-0.2, 0) is 16.5 Å². The van der Waals surface area contributed by atoms with Crippen LogP contribution < -0.4 is 0 Å². The Morgan fingerprint density at radius 1 is 1.10 bits per heavy atom. The number of nitrogens with zero attached hydrogens (tertiary/aromatic N) is 1. The maximum absolute atomic E-state index is 11.5. The lowest BCUT2D eigenvalue weighted by atomic mass is 10.0. The molecule has 0 bridgehead atoms. The van der Waals surface area contributed by atoms with Gasteiger partial charge in [-0.1, -0.05) is 36.4 Å². The number of para-hydroxylation sites is 1. The van der Waals surface area contributed by atoms with Gasteiger partial charge >= 0.3 is 0 Å². The monoisotopic (exact) mass is 307 g/mol. The van der Waals surface area contributed by atoms with Crippen molar-refractivity contribution in [2.45, 2.75) is 18.2 Å². The number of hydrogen-bond donors (Lipinski definition) is 1. The van der Waals surface area contributed by atoms with Crippen molar-refractivity contribution in [2.24, 2.45) is 0 Å². The van der Waals surface area contributed by atoms with Crippen molar-refractivity contribution in [3.8, 4) is 0 Å². The van der Waals surface area contributed by atoms with Gasteiger partial charge in [-0.3, -0.25) is 14.7 Å². The molecule has 2 aromatic carbocycles. The van der Waals surface area contributed by atoms with Gasteiger partial charge in [-0.25, -0.2) is 0 Å². The van der Waals surface area contributed by atoms with Crippen molar-refractivity contribution in [3.63, 3.8) is 0 Å². The van der Waals surface area contributed by atoms with E-state index in [-0.39, 0.29) is 17.0 Å². The molecule has 2 rings (SSSR count). The second-order valence-corrected chi connectivity index (χ2v) is 5.96. The highest BCUT2D eigenvalue weighted by molar-refractivity contribution is 7.86. The van der Waals surface area contributed by atoms with Gasteiger partial charge in [0.05, 0.1) is 4.92 Å². The van der Waals surface area contributed by atoms with E-state index in [9.17, 15) is 23.1 Å². The quantitative estimate of drug-likeness (QED) is 0.532. The summed E-state index contributed by atoms with van der Waals surface area (Å²) >= 11 is 0. The number of hydrogen-bond acceptors (Lipinski definition) is 4. The number of benzene rings is 2. The molecule has 0 saturated carbocycles. The Hall–Kier alpha value is -2.25. The van der Waals surface area contributed by atoms with Crippen molar-refractivity contribution in [2.75, 3.05) is 0 Å². The van der Waals surface area contributed by atoms with Crippen LogP contribution in [0.2, 0.25) is 0 Å². The third-order valence-corrected chi connectivity index (χ3v) is 4.22. The van der Waals surface area contributed by atoms with Gasteiger partial charge in [0.1, 0.15) is 4.90 Å². The normalized spacial score (nSPS) is 11.3. The molecule has 0 fully saturated rings. The van der Waals surface area contributed by atoms with Crippen molar-refractivity contribution < 1.29 is 17.9 Å². The molecule has 0 radical (unpaired) electrons. The summed E-state index contributed by atoms with van der Waals surface area (Å²) in [7, 11) is -4.39. The predicted molar refractivity (Wildman–Crippen MR) is 76.9 cm³/mol. The highest BCUT2D eigenvalue weighted by atomic mass is 32.2. The molecule has 0 aliphatic carbocycles. The number of rotatable bonds is 4. The average Bonchev–Trinajstić information content (AvgIpc) is 2.37. The number of nitro benzene ring substituents is 1. The fraction of sp³-hybridized carbons (Fsp3) is 0.143. The molecule has 0 spiro atoms. The maximum atomic E-state index is 11.5. The van der Waals surface area contributed by atoms with Crippen LogP contribution in [0.3, 0.4) is 0 Å². The zero-order valence-electron chi connectivity index (χ0n) is 11.2. The topological polar surface area (TPSA) is 97.5 Å². The van der Waals surface area contributed by atoms with Gasteiger partial charge in [-0.05, 0) is 18.1 Å². The van der Waals surface area contributed by atoms with Gasteiger partial charge < -0.3 is 0 Å². The molecule has 0 atom stereocenters. The van der Waals surface area contributed by atoms with E-state index in [1.54, 1.807) is 37.3 Å². The molecule has 0 aliphatic rings. The molecular formula is C14H13NO5S. The van der Waals surface area contributed by atoms with Crippen molar-refractivity contribution >= 4 is 15.8 Å². The first-order chi connectivity index (χ1) is 9.80. The smallest absolute Gasteiger partial charge is 0.282 e. The first-order valence-corrected chi connectivity index (χ1v) is 7.53. The van der Waals surface area contributed by atoms with E-state index in [0.717, 1.165) is 0 Å². The van der Waals surface area contributed by atoms with Gasteiger partial charge in [0.2, 0.25) is 0 Å². The Kier molecular flexibility index (Phi) is 4.06.